The third-order valence-electron chi connectivity index (χ3n) is 7.28. The van der Waals surface area contributed by atoms with Crippen molar-refractivity contribution in [3.63, 3.8) is 0 Å². The van der Waals surface area contributed by atoms with Gasteiger partial charge in [-0.2, -0.15) is 26.3 Å². The summed E-state index contributed by atoms with van der Waals surface area (Å²) in [6.07, 6.45) is -8.21. The van der Waals surface area contributed by atoms with Crippen LogP contribution < -0.4 is 0 Å². The number of halogens is 6. The molecule has 0 bridgehead atoms. The van der Waals surface area contributed by atoms with E-state index in [0.29, 0.717) is 31.1 Å². The molecule has 1 aliphatic rings. The highest BCUT2D eigenvalue weighted by molar-refractivity contribution is 5.96. The van der Waals surface area contributed by atoms with Gasteiger partial charge in [-0.05, 0) is 60.2 Å². The molecule has 0 aliphatic carbocycles. The number of hydrogen-bond acceptors (Lipinski definition) is 3. The number of alkyl halides is 6. The van der Waals surface area contributed by atoms with E-state index in [0.717, 1.165) is 16.5 Å². The van der Waals surface area contributed by atoms with E-state index in [4.69, 9.17) is 4.74 Å². The van der Waals surface area contributed by atoms with Crippen LogP contribution in [0.25, 0.3) is 10.9 Å². The number of pyridine rings is 1. The van der Waals surface area contributed by atoms with Gasteiger partial charge in [0.15, 0.2) is 0 Å². The number of fused-ring (bicyclic) bond motifs is 1. The zero-order chi connectivity index (χ0) is 29.2. The van der Waals surface area contributed by atoms with Crippen molar-refractivity contribution in [2.45, 2.75) is 44.3 Å². The molecule has 5 rings (SSSR count). The van der Waals surface area contributed by atoms with Crippen molar-refractivity contribution < 1.29 is 35.9 Å². The predicted octanol–water partition coefficient (Wildman–Crippen LogP) is 7.68. The van der Waals surface area contributed by atoms with E-state index in [-0.39, 0.29) is 31.7 Å². The number of carbonyl (C=O) groups excluding carboxylic acids is 1. The number of benzene rings is 3. The molecule has 41 heavy (non-hydrogen) atoms. The van der Waals surface area contributed by atoms with Gasteiger partial charge < -0.3 is 9.64 Å². The van der Waals surface area contributed by atoms with Crippen molar-refractivity contribution in [1.82, 2.24) is 9.88 Å². The lowest BCUT2D eigenvalue weighted by Crippen LogP contribution is -2.41. The molecule has 3 aromatic carbocycles. The second-order valence-electron chi connectivity index (χ2n) is 10.00. The Kier molecular flexibility index (Phi) is 8.04. The van der Waals surface area contributed by atoms with Crippen molar-refractivity contribution in [3.05, 3.63) is 112 Å². The molecule has 0 N–H and O–H groups in total. The van der Waals surface area contributed by atoms with Crippen LogP contribution in [0.2, 0.25) is 0 Å². The van der Waals surface area contributed by atoms with E-state index in [2.05, 4.69) is 4.98 Å². The lowest BCUT2D eigenvalue weighted by Gasteiger charge is -2.33. The Labute approximate surface area is 232 Å². The lowest BCUT2D eigenvalue weighted by atomic mass is 9.90. The quantitative estimate of drug-likeness (QED) is 0.223. The third-order valence-corrected chi connectivity index (χ3v) is 7.28. The Balaban J connectivity index is 1.37. The zero-order valence-electron chi connectivity index (χ0n) is 21.8. The number of carbonyl (C=O) groups is 1. The van der Waals surface area contributed by atoms with Crippen LogP contribution in [0.5, 0.6) is 0 Å². The minimum Gasteiger partial charge on any atom is -0.373 e. The van der Waals surface area contributed by atoms with Gasteiger partial charge in [0.1, 0.15) is 0 Å². The summed E-state index contributed by atoms with van der Waals surface area (Å²) in [7, 11) is 0. The second kappa shape index (κ2) is 11.5. The second-order valence-corrected chi connectivity index (χ2v) is 10.00. The van der Waals surface area contributed by atoms with Gasteiger partial charge in [-0.1, -0.05) is 48.5 Å². The molecular formula is C31H26F6N2O2. The molecule has 0 radical (unpaired) electrons. The van der Waals surface area contributed by atoms with Crippen LogP contribution in [0.4, 0.5) is 26.3 Å². The first-order valence-electron chi connectivity index (χ1n) is 13.1. The fraction of sp³-hybridized carbons (Fsp3) is 0.290. The first-order valence-corrected chi connectivity index (χ1v) is 13.1. The maximum Gasteiger partial charge on any atom is 0.416 e. The first-order chi connectivity index (χ1) is 19.5. The van der Waals surface area contributed by atoms with Crippen LogP contribution in [0.1, 0.15) is 51.0 Å². The summed E-state index contributed by atoms with van der Waals surface area (Å²) in [5.41, 5.74) is -1.79. The highest BCUT2D eigenvalue weighted by atomic mass is 19.4. The number of rotatable bonds is 6. The topological polar surface area (TPSA) is 42.4 Å². The van der Waals surface area contributed by atoms with Gasteiger partial charge in [0.2, 0.25) is 0 Å². The summed E-state index contributed by atoms with van der Waals surface area (Å²) in [6.45, 7) is 0.595. The normalized spacial score (nSPS) is 14.9. The summed E-state index contributed by atoms with van der Waals surface area (Å²) in [4.78, 5) is 19.2. The van der Waals surface area contributed by atoms with Crippen LogP contribution in [-0.4, -0.2) is 35.0 Å². The van der Waals surface area contributed by atoms with Crippen LogP contribution in [0.15, 0.2) is 79.0 Å². The van der Waals surface area contributed by atoms with Crippen molar-refractivity contribution in [2.75, 3.05) is 13.1 Å². The van der Waals surface area contributed by atoms with E-state index in [9.17, 15) is 31.1 Å². The SMILES string of the molecule is O=C(c1cc(C(F)(F)F)cc(C(F)(F)F)c1Cc1ccccc1)N1CCC(OCc2ccnc3ccccc23)CC1. The minimum absolute atomic E-state index is 0.0952. The maximum atomic E-state index is 14.1. The van der Waals surface area contributed by atoms with Gasteiger partial charge in [-0.15, -0.1) is 0 Å². The molecule has 0 unspecified atom stereocenters. The molecule has 10 heteroatoms. The monoisotopic (exact) mass is 572 g/mol. The van der Waals surface area contributed by atoms with Gasteiger partial charge in [0, 0.05) is 30.2 Å². The average molecular weight is 573 g/mol. The maximum absolute atomic E-state index is 14.1. The highest BCUT2D eigenvalue weighted by Gasteiger charge is 2.41. The van der Waals surface area contributed by atoms with Crippen molar-refractivity contribution in [1.29, 1.82) is 0 Å². The molecule has 1 amide bonds. The van der Waals surface area contributed by atoms with Gasteiger partial charge in [0.25, 0.3) is 5.91 Å². The number of para-hydroxylation sites is 1. The van der Waals surface area contributed by atoms with E-state index in [1.165, 1.54) is 4.90 Å². The Morgan fingerprint density at radius 2 is 1.56 bits per heavy atom. The molecule has 1 aromatic heterocycles. The number of aromatic nitrogens is 1. The average Bonchev–Trinajstić information content (AvgIpc) is 2.95. The number of hydrogen-bond donors (Lipinski definition) is 0. The van der Waals surface area contributed by atoms with Gasteiger partial charge in [-0.25, -0.2) is 0 Å². The fourth-order valence-electron chi connectivity index (χ4n) is 5.15. The molecular weight excluding hydrogens is 546 g/mol. The molecule has 1 aliphatic heterocycles. The van der Waals surface area contributed by atoms with E-state index in [1.807, 2.05) is 30.3 Å². The largest absolute Gasteiger partial charge is 0.416 e. The number of likely N-dealkylation sites (tertiary alicyclic amines) is 1. The van der Waals surface area contributed by atoms with E-state index in [1.54, 1.807) is 36.5 Å². The molecule has 4 nitrogen and oxygen atoms in total. The Bertz CT molecular complexity index is 1520. The summed E-state index contributed by atoms with van der Waals surface area (Å²) in [5.74, 6) is -0.855. The summed E-state index contributed by atoms with van der Waals surface area (Å²) >= 11 is 0. The molecule has 1 fully saturated rings. The third kappa shape index (κ3) is 6.53. The Morgan fingerprint density at radius 1 is 0.878 bits per heavy atom. The van der Waals surface area contributed by atoms with E-state index >= 15 is 0 Å². The summed E-state index contributed by atoms with van der Waals surface area (Å²) in [6, 6.07) is 18.2. The van der Waals surface area contributed by atoms with Gasteiger partial charge in [-0.3, -0.25) is 9.78 Å². The minimum atomic E-state index is -5.08. The van der Waals surface area contributed by atoms with Gasteiger partial charge >= 0.3 is 12.4 Å². The number of amides is 1. The van der Waals surface area contributed by atoms with Crippen molar-refractivity contribution >= 4 is 16.8 Å². The number of ether oxygens (including phenoxy) is 1. The molecule has 2 heterocycles. The molecule has 0 saturated carbocycles. The number of piperidine rings is 1. The summed E-state index contributed by atoms with van der Waals surface area (Å²) in [5, 5.41) is 0.957. The van der Waals surface area contributed by atoms with Crippen LogP contribution >= 0.6 is 0 Å². The van der Waals surface area contributed by atoms with Gasteiger partial charge in [0.05, 0.1) is 29.4 Å². The molecule has 1 saturated heterocycles. The van der Waals surface area contributed by atoms with Crippen LogP contribution in [0, 0.1) is 0 Å². The first kappa shape index (κ1) is 28.6. The molecule has 0 spiro atoms. The number of nitrogens with zero attached hydrogens (tertiary/aromatic N) is 2. The smallest absolute Gasteiger partial charge is 0.373 e. The van der Waals surface area contributed by atoms with Crippen LogP contribution in [0.3, 0.4) is 0 Å². The van der Waals surface area contributed by atoms with Crippen molar-refractivity contribution in [2.24, 2.45) is 0 Å². The zero-order valence-corrected chi connectivity index (χ0v) is 21.8. The van der Waals surface area contributed by atoms with Crippen molar-refractivity contribution in [3.8, 4) is 0 Å². The lowest BCUT2D eigenvalue weighted by molar-refractivity contribution is -0.143. The Morgan fingerprint density at radius 3 is 2.24 bits per heavy atom. The van der Waals surface area contributed by atoms with Crippen LogP contribution in [-0.2, 0) is 30.1 Å². The predicted molar refractivity (Wildman–Crippen MR) is 141 cm³/mol. The fourth-order valence-corrected chi connectivity index (χ4v) is 5.15. The standard InChI is InChI=1S/C31H26F6N2O2/c32-30(33,34)22-17-26(25(27(18-22)31(35,36)37)16-20-6-2-1-3-7-20)29(40)39-14-11-23(12-15-39)41-19-21-10-13-38-28-9-5-4-8-24(21)28/h1-10,13,17-18,23H,11-12,14-16,19H2. The Hall–Kier alpha value is -3.92. The van der Waals surface area contributed by atoms with E-state index < -0.39 is 40.5 Å². The summed E-state index contributed by atoms with van der Waals surface area (Å²) < 4.78 is 89.3. The molecule has 0 atom stereocenters. The molecule has 4 aromatic rings. The molecule has 214 valence electrons. The highest BCUT2D eigenvalue weighted by Crippen LogP contribution is 2.40.